The average Bonchev–Trinajstić information content (AvgIpc) is 3.65. The fraction of sp³-hybridized carbons (Fsp3) is 0.652. The maximum absolute atomic E-state index is 6.59. The number of ether oxygens (including phenoxy) is 2. The molecule has 9 heteroatoms. The van der Waals surface area contributed by atoms with E-state index in [0.29, 0.717) is 21.8 Å². The van der Waals surface area contributed by atoms with Crippen LogP contribution in [-0.2, 0) is 9.47 Å². The number of rotatable bonds is 5. The Morgan fingerprint density at radius 1 is 0.969 bits per heavy atom. The van der Waals surface area contributed by atoms with Crippen molar-refractivity contribution < 1.29 is 9.47 Å². The molecule has 174 valence electrons. The van der Waals surface area contributed by atoms with Gasteiger partial charge in [-0.05, 0) is 55.1 Å². The zero-order chi connectivity index (χ0) is 21.4. The van der Waals surface area contributed by atoms with Crippen molar-refractivity contribution in [1.82, 2.24) is 10.0 Å². The Kier molecular flexibility index (Phi) is 7.14. The van der Waals surface area contributed by atoms with Gasteiger partial charge in [-0.3, -0.25) is 0 Å². The minimum Gasteiger partial charge on any atom is -0.496 e. The Bertz CT molecular complexity index is 785. The lowest BCUT2D eigenvalue weighted by Gasteiger charge is -2.54. The first kappa shape index (κ1) is 22.7. The van der Waals surface area contributed by atoms with E-state index in [9.17, 15) is 0 Å². The molecule has 6 aliphatic rings. The quantitative estimate of drug-likeness (QED) is 0.366. The summed E-state index contributed by atoms with van der Waals surface area (Å²) in [6.07, 6.45) is 20.3. The third-order valence-electron chi connectivity index (χ3n) is 7.33. The van der Waals surface area contributed by atoms with Gasteiger partial charge in [-0.15, -0.1) is 11.8 Å². The van der Waals surface area contributed by atoms with Crippen LogP contribution in [0, 0.1) is 5.92 Å². The van der Waals surface area contributed by atoms with Gasteiger partial charge in [0.15, 0.2) is 6.23 Å². The Balaban J connectivity index is 1.48. The molecule has 0 N–H and O–H groups in total. The fourth-order valence-corrected chi connectivity index (χ4v) is 12.8. The van der Waals surface area contributed by atoms with Crippen LogP contribution in [0.5, 0.6) is 0 Å². The highest BCUT2D eigenvalue weighted by Crippen LogP contribution is 2.59. The van der Waals surface area contributed by atoms with E-state index in [2.05, 4.69) is 66.7 Å². The van der Waals surface area contributed by atoms with E-state index in [1.54, 1.807) is 0 Å². The molecule has 0 spiro atoms. The van der Waals surface area contributed by atoms with E-state index in [4.69, 9.17) is 9.47 Å². The van der Waals surface area contributed by atoms with Crippen molar-refractivity contribution in [3.05, 3.63) is 47.6 Å². The number of hydrogen-bond donors (Lipinski definition) is 0. The summed E-state index contributed by atoms with van der Waals surface area (Å²) in [5.74, 6) is 1.81. The highest BCUT2D eigenvalue weighted by molar-refractivity contribution is 8.78. The molecule has 6 heterocycles. The Hall–Kier alpha value is 0.230. The maximum atomic E-state index is 6.59. The van der Waals surface area contributed by atoms with Gasteiger partial charge in [-0.1, -0.05) is 55.3 Å². The van der Waals surface area contributed by atoms with Crippen molar-refractivity contribution in [3.8, 4) is 0 Å². The van der Waals surface area contributed by atoms with Gasteiger partial charge in [-0.2, -0.15) is 0 Å². The molecule has 6 rings (SSSR count). The van der Waals surface area contributed by atoms with Gasteiger partial charge < -0.3 is 9.47 Å². The van der Waals surface area contributed by atoms with Gasteiger partial charge in [-0.25, -0.2) is 10.0 Å². The van der Waals surface area contributed by atoms with Crippen molar-refractivity contribution in [1.29, 1.82) is 0 Å². The SMILES string of the molecule is C1=COC(C2(C3C=CSS3)C(C3CCCSS3)CN(C3CC=CO3)N2C2CC=CS2)CC1. The van der Waals surface area contributed by atoms with Gasteiger partial charge in [0.1, 0.15) is 6.10 Å². The maximum Gasteiger partial charge on any atom is 0.167 e. The molecule has 2 saturated heterocycles. The summed E-state index contributed by atoms with van der Waals surface area (Å²) in [7, 11) is 8.16. The molecule has 2 fully saturated rings. The smallest absolute Gasteiger partial charge is 0.167 e. The van der Waals surface area contributed by atoms with Crippen molar-refractivity contribution in [3.63, 3.8) is 0 Å². The number of hydrazine groups is 1. The summed E-state index contributed by atoms with van der Waals surface area (Å²) in [6, 6.07) is 0. The predicted molar refractivity (Wildman–Crippen MR) is 143 cm³/mol. The molecule has 7 unspecified atom stereocenters. The molecule has 0 aromatic heterocycles. The number of allylic oxidation sites excluding steroid dienone is 1. The van der Waals surface area contributed by atoms with Crippen molar-refractivity contribution in [2.24, 2.45) is 5.92 Å². The van der Waals surface area contributed by atoms with Gasteiger partial charge in [0, 0.05) is 29.9 Å². The lowest BCUT2D eigenvalue weighted by molar-refractivity contribution is -0.172. The van der Waals surface area contributed by atoms with Crippen LogP contribution in [0.1, 0.15) is 38.5 Å². The topological polar surface area (TPSA) is 24.9 Å². The number of nitrogens with zero attached hydrogens (tertiary/aromatic N) is 2. The minimum atomic E-state index is -0.0827. The molecule has 0 aromatic rings. The molecule has 0 radical (unpaired) electrons. The second-order valence-corrected chi connectivity index (χ2v) is 15.1. The molecule has 0 aromatic carbocycles. The Morgan fingerprint density at radius 3 is 2.62 bits per heavy atom. The van der Waals surface area contributed by atoms with E-state index in [0.717, 1.165) is 32.2 Å². The lowest BCUT2D eigenvalue weighted by Crippen LogP contribution is -2.68. The fourth-order valence-electron chi connectivity index (χ4n) is 6.05. The summed E-state index contributed by atoms with van der Waals surface area (Å²) < 4.78 is 12.8. The summed E-state index contributed by atoms with van der Waals surface area (Å²) in [6.45, 7) is 1.06. The number of hydrogen-bond acceptors (Lipinski definition) is 9. The minimum absolute atomic E-state index is 0.0827. The van der Waals surface area contributed by atoms with Gasteiger partial charge in [0.25, 0.3) is 0 Å². The van der Waals surface area contributed by atoms with E-state index in [1.165, 1.54) is 18.6 Å². The summed E-state index contributed by atoms with van der Waals surface area (Å²) in [5, 5.41) is 11.5. The second-order valence-electron chi connectivity index (χ2n) is 8.97. The molecule has 0 amide bonds. The zero-order valence-electron chi connectivity index (χ0n) is 18.0. The Labute approximate surface area is 211 Å². The highest BCUT2D eigenvalue weighted by atomic mass is 33.1. The van der Waals surface area contributed by atoms with Crippen LogP contribution in [0.3, 0.4) is 0 Å². The monoisotopic (exact) mass is 526 g/mol. The van der Waals surface area contributed by atoms with Crippen molar-refractivity contribution in [2.75, 3.05) is 12.3 Å². The molecular weight excluding hydrogens is 497 g/mol. The third kappa shape index (κ3) is 3.91. The summed E-state index contributed by atoms with van der Waals surface area (Å²) >= 11 is 1.98. The van der Waals surface area contributed by atoms with Crippen molar-refractivity contribution >= 4 is 54.9 Å². The van der Waals surface area contributed by atoms with E-state index < -0.39 is 0 Å². The number of thioether (sulfide) groups is 1. The third-order valence-corrected chi connectivity index (χ3v) is 13.8. The highest BCUT2D eigenvalue weighted by Gasteiger charge is 2.66. The molecule has 6 aliphatic heterocycles. The molecule has 0 aliphatic carbocycles. The normalized spacial score (nSPS) is 44.4. The largest absolute Gasteiger partial charge is 0.496 e. The van der Waals surface area contributed by atoms with Gasteiger partial charge >= 0.3 is 0 Å². The van der Waals surface area contributed by atoms with E-state index >= 15 is 0 Å². The van der Waals surface area contributed by atoms with Crippen molar-refractivity contribution in [2.45, 2.75) is 72.3 Å². The van der Waals surface area contributed by atoms with Crippen LogP contribution in [0.2, 0.25) is 0 Å². The molecule has 0 bridgehead atoms. The standard InChI is InChI=1S/C23H30N2O2S5/c1-2-11-26-19(7-1)23(20-10-15-30-32-20)17(18-6-4-14-29-31-18)16-24(21-8-3-12-27-21)25(23)22-9-5-13-28-22/h2-3,5,10-13,15,17-22H,1,4,6-9,14,16H2. The molecule has 4 nitrogen and oxygen atoms in total. The summed E-state index contributed by atoms with van der Waals surface area (Å²) in [5.41, 5.74) is -0.0827. The van der Waals surface area contributed by atoms with Crippen LogP contribution < -0.4 is 0 Å². The zero-order valence-corrected chi connectivity index (χ0v) is 22.1. The van der Waals surface area contributed by atoms with Crippen LogP contribution in [0.15, 0.2) is 47.6 Å². The van der Waals surface area contributed by atoms with E-state index in [1.807, 2.05) is 45.9 Å². The lowest BCUT2D eigenvalue weighted by atomic mass is 9.72. The molecule has 32 heavy (non-hydrogen) atoms. The van der Waals surface area contributed by atoms with Crippen LogP contribution >= 0.6 is 54.9 Å². The molecular formula is C23H30N2O2S5. The van der Waals surface area contributed by atoms with Gasteiger partial charge in [0.2, 0.25) is 0 Å². The first-order valence-electron chi connectivity index (χ1n) is 11.6. The first-order valence-corrected chi connectivity index (χ1v) is 17.2. The summed E-state index contributed by atoms with van der Waals surface area (Å²) in [4.78, 5) is 0. The van der Waals surface area contributed by atoms with E-state index in [-0.39, 0.29) is 17.9 Å². The molecule has 7 atom stereocenters. The van der Waals surface area contributed by atoms with Crippen LogP contribution in [0.25, 0.3) is 0 Å². The predicted octanol–water partition coefficient (Wildman–Crippen LogP) is 6.62. The van der Waals surface area contributed by atoms with Crippen LogP contribution in [-0.4, -0.2) is 56.1 Å². The molecule has 0 saturated carbocycles. The Morgan fingerprint density at radius 2 is 1.94 bits per heavy atom. The second kappa shape index (κ2) is 10.1. The van der Waals surface area contributed by atoms with Gasteiger partial charge in [0.05, 0.1) is 28.7 Å². The average molecular weight is 527 g/mol. The first-order chi connectivity index (χ1) is 15.9. The van der Waals surface area contributed by atoms with Crippen LogP contribution in [0.4, 0.5) is 0 Å².